The molecule has 0 aliphatic carbocycles. The molecular weight excluding hydrogens is 452 g/mol. The van der Waals surface area contributed by atoms with Gasteiger partial charge < -0.3 is 10.1 Å². The maximum Gasteiger partial charge on any atom is 0.123 e. The highest BCUT2D eigenvalue weighted by molar-refractivity contribution is 5.71. The van der Waals surface area contributed by atoms with Gasteiger partial charge in [0.2, 0.25) is 0 Å². The first-order valence-corrected chi connectivity index (χ1v) is 12.6. The molecule has 4 rings (SSSR count). The van der Waals surface area contributed by atoms with Gasteiger partial charge in [-0.25, -0.2) is 8.78 Å². The van der Waals surface area contributed by atoms with Crippen LogP contribution in [0.2, 0.25) is 0 Å². The minimum atomic E-state index is -0.245. The van der Waals surface area contributed by atoms with E-state index in [0.29, 0.717) is 6.61 Å². The van der Waals surface area contributed by atoms with Crippen LogP contribution in [-0.4, -0.2) is 26.8 Å². The number of rotatable bonds is 8. The molecular formula is C32H37F2NO. The number of nitrogens with one attached hydrogen (secondary N) is 1. The Bertz CT molecular complexity index is 1110. The summed E-state index contributed by atoms with van der Waals surface area (Å²) < 4.78 is 31.3. The third kappa shape index (κ3) is 8.85. The van der Waals surface area contributed by atoms with Crippen molar-refractivity contribution in [3.05, 3.63) is 118 Å². The minimum Gasteiger partial charge on any atom is -0.385 e. The average Bonchev–Trinajstić information content (AvgIpc) is 3.43. The second kappa shape index (κ2) is 14.5. The van der Waals surface area contributed by atoms with Crippen LogP contribution in [-0.2, 0) is 4.74 Å². The highest BCUT2D eigenvalue weighted by Crippen LogP contribution is 2.24. The maximum absolute atomic E-state index is 13.1. The van der Waals surface area contributed by atoms with Gasteiger partial charge in [-0.1, -0.05) is 66.2 Å². The Morgan fingerprint density at radius 1 is 0.944 bits per heavy atom. The van der Waals surface area contributed by atoms with Crippen molar-refractivity contribution in [2.24, 2.45) is 0 Å². The van der Waals surface area contributed by atoms with Crippen LogP contribution in [0.25, 0.3) is 11.6 Å². The molecule has 0 aromatic heterocycles. The van der Waals surface area contributed by atoms with E-state index in [4.69, 9.17) is 4.74 Å². The molecule has 0 saturated carbocycles. The molecule has 1 aliphatic heterocycles. The predicted molar refractivity (Wildman–Crippen MR) is 147 cm³/mol. The van der Waals surface area contributed by atoms with E-state index < -0.39 is 0 Å². The number of hydrogen-bond donors (Lipinski definition) is 1. The molecule has 1 N–H and O–H groups in total. The number of allylic oxidation sites excluding steroid dienone is 3. The van der Waals surface area contributed by atoms with Crippen molar-refractivity contribution in [3.8, 4) is 0 Å². The van der Waals surface area contributed by atoms with Crippen LogP contribution in [0.5, 0.6) is 0 Å². The van der Waals surface area contributed by atoms with Crippen LogP contribution >= 0.6 is 0 Å². The van der Waals surface area contributed by atoms with E-state index in [1.54, 1.807) is 31.4 Å². The average molecular weight is 490 g/mol. The maximum atomic E-state index is 13.1. The normalized spacial score (nSPS) is 16.0. The third-order valence-electron chi connectivity index (χ3n) is 6.51. The zero-order valence-electron chi connectivity index (χ0n) is 21.6. The van der Waals surface area contributed by atoms with Crippen molar-refractivity contribution in [2.45, 2.75) is 39.0 Å². The van der Waals surface area contributed by atoms with Crippen LogP contribution in [0.3, 0.4) is 0 Å². The standard InChI is InChI=1S/C21H22F2O.C11H15N/c1-16(19-9-13-21(23)14-10-19)18(4-3-15-24-2)8-5-17-6-11-20(22)12-7-17;1-9-2-4-10(5-3-9)11-6-7-12-8-11/h5-14H,3-4,15H2,1-2H3;2-5,11-12H,6-8H2,1H3/b8-5+,18-16+;. The first-order chi connectivity index (χ1) is 17.5. The summed E-state index contributed by atoms with van der Waals surface area (Å²) in [6.07, 6.45) is 7.06. The molecule has 4 heteroatoms. The van der Waals surface area contributed by atoms with Gasteiger partial charge in [0.1, 0.15) is 11.6 Å². The Balaban J connectivity index is 0.000000249. The molecule has 1 heterocycles. The summed E-state index contributed by atoms with van der Waals surface area (Å²) in [7, 11) is 1.69. The summed E-state index contributed by atoms with van der Waals surface area (Å²) in [5.74, 6) is 0.269. The van der Waals surface area contributed by atoms with E-state index in [0.717, 1.165) is 47.6 Å². The van der Waals surface area contributed by atoms with Crippen molar-refractivity contribution in [3.63, 3.8) is 0 Å². The van der Waals surface area contributed by atoms with Gasteiger partial charge in [-0.15, -0.1) is 0 Å². The number of halogens is 2. The van der Waals surface area contributed by atoms with Gasteiger partial charge in [0.05, 0.1) is 0 Å². The lowest BCUT2D eigenvalue weighted by molar-refractivity contribution is 0.195. The van der Waals surface area contributed by atoms with Crippen LogP contribution < -0.4 is 5.32 Å². The summed E-state index contributed by atoms with van der Waals surface area (Å²) in [5.41, 5.74) is 7.03. The number of benzene rings is 3. The fraction of sp³-hybridized carbons (Fsp3) is 0.312. The molecule has 1 saturated heterocycles. The Hall–Kier alpha value is -3.08. The molecule has 1 atom stereocenters. The van der Waals surface area contributed by atoms with E-state index >= 15 is 0 Å². The molecule has 0 radical (unpaired) electrons. The van der Waals surface area contributed by atoms with Crippen LogP contribution in [0.15, 0.2) is 84.4 Å². The molecule has 0 spiro atoms. The molecule has 0 bridgehead atoms. The largest absolute Gasteiger partial charge is 0.385 e. The smallest absolute Gasteiger partial charge is 0.123 e. The van der Waals surface area contributed by atoms with E-state index in [-0.39, 0.29) is 11.6 Å². The van der Waals surface area contributed by atoms with Gasteiger partial charge in [-0.2, -0.15) is 0 Å². The number of ether oxygens (including phenoxy) is 1. The third-order valence-corrected chi connectivity index (χ3v) is 6.51. The quantitative estimate of drug-likeness (QED) is 0.256. The fourth-order valence-electron chi connectivity index (χ4n) is 4.24. The molecule has 1 fully saturated rings. The minimum absolute atomic E-state index is 0.241. The molecule has 0 amide bonds. The van der Waals surface area contributed by atoms with E-state index in [2.05, 4.69) is 36.5 Å². The predicted octanol–water partition coefficient (Wildman–Crippen LogP) is 7.95. The first kappa shape index (κ1) is 27.5. The molecule has 3 aromatic carbocycles. The lowest BCUT2D eigenvalue weighted by Crippen LogP contribution is -2.07. The monoisotopic (exact) mass is 489 g/mol. The molecule has 36 heavy (non-hydrogen) atoms. The summed E-state index contributed by atoms with van der Waals surface area (Å²) in [6.45, 7) is 7.19. The van der Waals surface area contributed by atoms with Gasteiger partial charge in [-0.05, 0) is 97.7 Å². The van der Waals surface area contributed by atoms with Gasteiger partial charge >= 0.3 is 0 Å². The highest BCUT2D eigenvalue weighted by Gasteiger charge is 2.15. The second-order valence-corrected chi connectivity index (χ2v) is 9.24. The Morgan fingerprint density at radius 3 is 2.17 bits per heavy atom. The second-order valence-electron chi connectivity index (χ2n) is 9.24. The lowest BCUT2D eigenvalue weighted by atomic mass is 9.97. The number of hydrogen-bond acceptors (Lipinski definition) is 2. The van der Waals surface area contributed by atoms with Crippen molar-refractivity contribution >= 4 is 11.6 Å². The first-order valence-electron chi connectivity index (χ1n) is 12.6. The van der Waals surface area contributed by atoms with Crippen molar-refractivity contribution < 1.29 is 13.5 Å². The van der Waals surface area contributed by atoms with Crippen LogP contribution in [0, 0.1) is 18.6 Å². The van der Waals surface area contributed by atoms with E-state index in [9.17, 15) is 8.78 Å². The molecule has 2 nitrogen and oxygen atoms in total. The van der Waals surface area contributed by atoms with E-state index in [1.807, 2.05) is 19.1 Å². The summed E-state index contributed by atoms with van der Waals surface area (Å²) in [6, 6.07) is 21.8. The number of aryl methyl sites for hydroxylation is 1. The van der Waals surface area contributed by atoms with Crippen molar-refractivity contribution in [1.29, 1.82) is 0 Å². The zero-order valence-corrected chi connectivity index (χ0v) is 21.6. The molecule has 190 valence electrons. The van der Waals surface area contributed by atoms with Gasteiger partial charge in [-0.3, -0.25) is 0 Å². The van der Waals surface area contributed by atoms with Gasteiger partial charge in [0.25, 0.3) is 0 Å². The van der Waals surface area contributed by atoms with Crippen LogP contribution in [0.4, 0.5) is 8.78 Å². The lowest BCUT2D eigenvalue weighted by Gasteiger charge is -2.10. The zero-order chi connectivity index (χ0) is 25.8. The van der Waals surface area contributed by atoms with E-state index in [1.165, 1.54) is 48.4 Å². The SMILES string of the molecule is COCCCC(/C=C/c1ccc(F)cc1)=C(/C)c1ccc(F)cc1.Cc1ccc(C2CCNC2)cc1. The molecule has 3 aromatic rings. The summed E-state index contributed by atoms with van der Waals surface area (Å²) >= 11 is 0. The highest BCUT2D eigenvalue weighted by atomic mass is 19.1. The topological polar surface area (TPSA) is 21.3 Å². The van der Waals surface area contributed by atoms with Crippen LogP contribution in [0.1, 0.15) is 54.4 Å². The summed E-state index contributed by atoms with van der Waals surface area (Å²) in [5, 5.41) is 3.39. The van der Waals surface area contributed by atoms with Crippen molar-refractivity contribution in [2.75, 3.05) is 26.8 Å². The van der Waals surface area contributed by atoms with Gasteiger partial charge in [0.15, 0.2) is 0 Å². The number of methoxy groups -OCH3 is 1. The Morgan fingerprint density at radius 2 is 1.58 bits per heavy atom. The Labute approximate surface area is 214 Å². The molecule has 1 aliphatic rings. The van der Waals surface area contributed by atoms with Crippen molar-refractivity contribution in [1.82, 2.24) is 5.32 Å². The molecule has 1 unspecified atom stereocenters. The Kier molecular flexibility index (Phi) is 11.1. The van der Waals surface area contributed by atoms with Gasteiger partial charge in [0, 0.05) is 20.3 Å². The fourth-order valence-corrected chi connectivity index (χ4v) is 4.24. The summed E-state index contributed by atoms with van der Waals surface area (Å²) in [4.78, 5) is 0.